The number of likely N-dealkylation sites (tertiary alicyclic amines) is 2. The lowest BCUT2D eigenvalue weighted by Crippen LogP contribution is -2.53. The summed E-state index contributed by atoms with van der Waals surface area (Å²) in [6.45, 7) is 7.63. The van der Waals surface area contributed by atoms with E-state index in [-0.39, 0.29) is 29.9 Å². The summed E-state index contributed by atoms with van der Waals surface area (Å²) in [6.07, 6.45) is 6.17. The van der Waals surface area contributed by atoms with Gasteiger partial charge in [-0.1, -0.05) is 12.1 Å². The van der Waals surface area contributed by atoms with E-state index < -0.39 is 5.60 Å². The van der Waals surface area contributed by atoms with Crippen LogP contribution in [0.3, 0.4) is 0 Å². The third-order valence-corrected chi connectivity index (χ3v) is 6.06. The first-order valence-electron chi connectivity index (χ1n) is 12.0. The SMILES string of the molecule is COc1ccc(/C=C/C(=O)N2CCCC(NC(=O)C3CCCN(C(=O)OC(C)(C)C)C3)C2)cc1. The minimum atomic E-state index is -0.563. The predicted molar refractivity (Wildman–Crippen MR) is 130 cm³/mol. The summed E-state index contributed by atoms with van der Waals surface area (Å²) in [7, 11) is 1.62. The summed E-state index contributed by atoms with van der Waals surface area (Å²) in [5.74, 6) is 0.387. The standard InChI is InChI=1S/C26H37N3O5/c1-26(2,3)34-25(32)29-16-5-7-20(17-29)24(31)27-21-8-6-15-28(18-21)23(30)14-11-19-9-12-22(33-4)13-10-19/h9-14,20-21H,5-8,15-18H2,1-4H3,(H,27,31)/b14-11+. The van der Waals surface area contributed by atoms with Gasteiger partial charge in [-0.15, -0.1) is 0 Å². The minimum absolute atomic E-state index is 0.0543. The quantitative estimate of drug-likeness (QED) is 0.665. The molecule has 186 valence electrons. The number of nitrogens with one attached hydrogen (secondary N) is 1. The van der Waals surface area contributed by atoms with Crippen molar-refractivity contribution in [2.75, 3.05) is 33.3 Å². The Kier molecular flexibility index (Phi) is 8.58. The first-order valence-corrected chi connectivity index (χ1v) is 12.0. The van der Waals surface area contributed by atoms with Crippen molar-refractivity contribution >= 4 is 24.0 Å². The smallest absolute Gasteiger partial charge is 0.410 e. The Morgan fingerprint density at radius 1 is 1.00 bits per heavy atom. The molecule has 2 unspecified atom stereocenters. The Labute approximate surface area is 202 Å². The van der Waals surface area contributed by atoms with Gasteiger partial charge in [0.25, 0.3) is 0 Å². The first kappa shape index (κ1) is 25.6. The molecule has 1 aromatic carbocycles. The zero-order chi connectivity index (χ0) is 24.7. The summed E-state index contributed by atoms with van der Waals surface area (Å²) in [5, 5.41) is 3.12. The zero-order valence-corrected chi connectivity index (χ0v) is 20.7. The van der Waals surface area contributed by atoms with Crippen LogP contribution in [0.25, 0.3) is 6.08 Å². The molecule has 3 rings (SSSR count). The van der Waals surface area contributed by atoms with Gasteiger partial charge >= 0.3 is 6.09 Å². The maximum absolute atomic E-state index is 12.9. The van der Waals surface area contributed by atoms with Gasteiger partial charge in [-0.2, -0.15) is 0 Å². The van der Waals surface area contributed by atoms with E-state index in [2.05, 4.69) is 5.32 Å². The third kappa shape index (κ3) is 7.50. The van der Waals surface area contributed by atoms with Crippen molar-refractivity contribution in [1.29, 1.82) is 0 Å². The monoisotopic (exact) mass is 471 g/mol. The van der Waals surface area contributed by atoms with Crippen LogP contribution in [0.4, 0.5) is 4.79 Å². The largest absolute Gasteiger partial charge is 0.497 e. The molecule has 2 aliphatic heterocycles. The lowest BCUT2D eigenvalue weighted by atomic mass is 9.96. The predicted octanol–water partition coefficient (Wildman–Crippen LogP) is 3.46. The molecule has 2 aliphatic rings. The average molecular weight is 472 g/mol. The number of benzene rings is 1. The van der Waals surface area contributed by atoms with Gasteiger partial charge in [0.15, 0.2) is 0 Å². The molecule has 1 N–H and O–H groups in total. The number of hydrogen-bond donors (Lipinski definition) is 1. The van der Waals surface area contributed by atoms with Gasteiger partial charge in [0.2, 0.25) is 11.8 Å². The van der Waals surface area contributed by atoms with Crippen LogP contribution in [0.1, 0.15) is 52.0 Å². The second-order valence-electron chi connectivity index (χ2n) is 10.0. The molecule has 2 heterocycles. The van der Waals surface area contributed by atoms with Crippen LogP contribution < -0.4 is 10.1 Å². The van der Waals surface area contributed by atoms with Gasteiger partial charge in [0, 0.05) is 38.3 Å². The highest BCUT2D eigenvalue weighted by molar-refractivity contribution is 5.92. The normalized spacial score (nSPS) is 21.3. The topological polar surface area (TPSA) is 88.2 Å². The summed E-state index contributed by atoms with van der Waals surface area (Å²) < 4.78 is 10.6. The highest BCUT2D eigenvalue weighted by Gasteiger charge is 2.32. The molecule has 1 aromatic rings. The number of piperidine rings is 2. The van der Waals surface area contributed by atoms with Gasteiger partial charge in [-0.25, -0.2) is 4.79 Å². The molecule has 3 amide bonds. The maximum atomic E-state index is 12.9. The zero-order valence-electron chi connectivity index (χ0n) is 20.7. The molecule has 0 spiro atoms. The van der Waals surface area contributed by atoms with Crippen LogP contribution in [0.15, 0.2) is 30.3 Å². The van der Waals surface area contributed by atoms with Gasteiger partial charge < -0.3 is 24.6 Å². The average Bonchev–Trinajstić information content (AvgIpc) is 2.82. The molecule has 2 saturated heterocycles. The Hall–Kier alpha value is -3.03. The Bertz CT molecular complexity index is 891. The fraction of sp³-hybridized carbons (Fsp3) is 0.577. The molecular weight excluding hydrogens is 434 g/mol. The fourth-order valence-corrected chi connectivity index (χ4v) is 4.29. The molecule has 2 atom stereocenters. The molecule has 0 radical (unpaired) electrons. The second-order valence-corrected chi connectivity index (χ2v) is 10.0. The Balaban J connectivity index is 1.50. The van der Waals surface area contributed by atoms with Gasteiger partial charge in [0.05, 0.1) is 13.0 Å². The number of hydrogen-bond acceptors (Lipinski definition) is 5. The molecule has 34 heavy (non-hydrogen) atoms. The van der Waals surface area contributed by atoms with E-state index in [9.17, 15) is 14.4 Å². The number of ether oxygens (including phenoxy) is 2. The molecule has 8 nitrogen and oxygen atoms in total. The van der Waals surface area contributed by atoms with E-state index in [1.807, 2.05) is 45.0 Å². The summed E-state index contributed by atoms with van der Waals surface area (Å²) >= 11 is 0. The van der Waals surface area contributed by atoms with Crippen molar-refractivity contribution in [2.45, 2.75) is 58.1 Å². The first-order chi connectivity index (χ1) is 16.1. The number of rotatable bonds is 5. The van der Waals surface area contributed by atoms with Gasteiger partial charge in [-0.05, 0) is 70.2 Å². The van der Waals surface area contributed by atoms with Gasteiger partial charge in [-0.3, -0.25) is 9.59 Å². The maximum Gasteiger partial charge on any atom is 0.410 e. The van der Waals surface area contributed by atoms with Crippen LogP contribution in [0.2, 0.25) is 0 Å². The lowest BCUT2D eigenvalue weighted by Gasteiger charge is -2.36. The van der Waals surface area contributed by atoms with Crippen LogP contribution in [-0.4, -0.2) is 72.6 Å². The van der Waals surface area contributed by atoms with E-state index in [1.54, 1.807) is 29.1 Å². The highest BCUT2D eigenvalue weighted by atomic mass is 16.6. The molecule has 0 bridgehead atoms. The van der Waals surface area contributed by atoms with E-state index in [0.29, 0.717) is 26.2 Å². The number of amides is 3. The van der Waals surface area contributed by atoms with Crippen molar-refractivity contribution in [3.63, 3.8) is 0 Å². The van der Waals surface area contributed by atoms with Crippen LogP contribution in [-0.2, 0) is 14.3 Å². The molecule has 0 aromatic heterocycles. The van der Waals surface area contributed by atoms with Crippen molar-refractivity contribution in [2.24, 2.45) is 5.92 Å². The van der Waals surface area contributed by atoms with Crippen LogP contribution in [0, 0.1) is 5.92 Å². The van der Waals surface area contributed by atoms with E-state index in [1.165, 1.54) is 0 Å². The highest BCUT2D eigenvalue weighted by Crippen LogP contribution is 2.21. The molecule has 8 heteroatoms. The van der Waals surface area contributed by atoms with E-state index in [4.69, 9.17) is 9.47 Å². The van der Waals surface area contributed by atoms with Crippen molar-refractivity contribution in [1.82, 2.24) is 15.1 Å². The summed E-state index contributed by atoms with van der Waals surface area (Å²) in [4.78, 5) is 41.5. The van der Waals surface area contributed by atoms with Crippen molar-refractivity contribution < 1.29 is 23.9 Å². The number of carbonyl (C=O) groups is 3. The number of carbonyl (C=O) groups excluding carboxylic acids is 3. The van der Waals surface area contributed by atoms with Crippen LogP contribution in [0.5, 0.6) is 5.75 Å². The summed E-state index contributed by atoms with van der Waals surface area (Å²) in [5.41, 5.74) is 0.356. The summed E-state index contributed by atoms with van der Waals surface area (Å²) in [6, 6.07) is 7.41. The van der Waals surface area contributed by atoms with E-state index in [0.717, 1.165) is 37.0 Å². The lowest BCUT2D eigenvalue weighted by molar-refractivity contribution is -0.131. The molecular formula is C26H37N3O5. The van der Waals surface area contributed by atoms with Crippen molar-refractivity contribution in [3.05, 3.63) is 35.9 Å². The number of nitrogens with zero attached hydrogens (tertiary/aromatic N) is 2. The molecule has 2 fully saturated rings. The Morgan fingerprint density at radius 3 is 2.35 bits per heavy atom. The fourth-order valence-electron chi connectivity index (χ4n) is 4.29. The third-order valence-electron chi connectivity index (χ3n) is 6.06. The minimum Gasteiger partial charge on any atom is -0.497 e. The van der Waals surface area contributed by atoms with Gasteiger partial charge in [0.1, 0.15) is 11.4 Å². The second kappa shape index (κ2) is 11.4. The Morgan fingerprint density at radius 2 is 1.68 bits per heavy atom. The van der Waals surface area contributed by atoms with Crippen molar-refractivity contribution in [3.8, 4) is 5.75 Å². The molecule has 0 saturated carbocycles. The van der Waals surface area contributed by atoms with E-state index >= 15 is 0 Å². The molecule has 0 aliphatic carbocycles. The van der Waals surface area contributed by atoms with Crippen LogP contribution >= 0.6 is 0 Å². The number of methoxy groups -OCH3 is 1.